The summed E-state index contributed by atoms with van der Waals surface area (Å²) in [5, 5.41) is 1.91. The summed E-state index contributed by atoms with van der Waals surface area (Å²) in [5.41, 5.74) is 3.54. The van der Waals surface area contributed by atoms with Crippen LogP contribution in [0.15, 0.2) is 53.9 Å². The van der Waals surface area contributed by atoms with Gasteiger partial charge in [-0.05, 0) is 28.7 Å². The summed E-state index contributed by atoms with van der Waals surface area (Å²) >= 11 is 1.42. The molecule has 3 rings (SSSR count). The predicted octanol–water partition coefficient (Wildman–Crippen LogP) is 5.68. The number of carbonyl (C=O) groups is 2. The normalized spacial score (nSPS) is 11.2. The van der Waals surface area contributed by atoms with Crippen LogP contribution in [0.3, 0.4) is 0 Å². The molecule has 0 fully saturated rings. The fraction of sp³-hybridized carbons (Fsp3) is 0.250. The van der Waals surface area contributed by atoms with Crippen LogP contribution < -0.4 is 9.47 Å². The van der Waals surface area contributed by atoms with Crippen LogP contribution in [0.2, 0.25) is 0 Å². The summed E-state index contributed by atoms with van der Waals surface area (Å²) in [6.07, 6.45) is 0.179. The van der Waals surface area contributed by atoms with Crippen LogP contribution in [-0.4, -0.2) is 19.4 Å². The van der Waals surface area contributed by atoms with Gasteiger partial charge in [-0.1, -0.05) is 57.2 Å². The van der Waals surface area contributed by atoms with E-state index >= 15 is 0 Å². The molecule has 3 aromatic rings. The van der Waals surface area contributed by atoms with E-state index in [1.165, 1.54) is 16.9 Å². The van der Waals surface area contributed by atoms with Gasteiger partial charge < -0.3 is 9.47 Å². The van der Waals surface area contributed by atoms with Crippen molar-refractivity contribution in [3.05, 3.63) is 69.9 Å². The van der Waals surface area contributed by atoms with Crippen molar-refractivity contribution in [2.45, 2.75) is 32.6 Å². The Bertz CT molecular complexity index is 993. The summed E-state index contributed by atoms with van der Waals surface area (Å²) in [6, 6.07) is 15.2. The number of ether oxygens (including phenoxy) is 2. The number of Topliss-reactive ketones (excluding diaryl/α,β-unsaturated/α-hetero) is 1. The van der Waals surface area contributed by atoms with Crippen LogP contribution in [0.4, 0.5) is 0 Å². The maximum Gasteiger partial charge on any atom is 0.298 e. The minimum absolute atomic E-state index is 0.00987. The standard InChI is InChI=1S/C24H24O4S/c1-24(2,3)18-9-5-17(6-10-18)21(26)13-22-23(28-15-25)20(14-29-22)16-7-11-19(27-4)12-8-16/h5-12,14-15H,13H2,1-4H3. The van der Waals surface area contributed by atoms with Crippen LogP contribution in [0.1, 0.15) is 41.6 Å². The van der Waals surface area contributed by atoms with Gasteiger partial charge in [0.15, 0.2) is 11.5 Å². The first kappa shape index (κ1) is 20.8. The van der Waals surface area contributed by atoms with Crippen LogP contribution >= 0.6 is 11.3 Å². The molecule has 0 saturated carbocycles. The van der Waals surface area contributed by atoms with Crippen LogP contribution in [0.25, 0.3) is 11.1 Å². The van der Waals surface area contributed by atoms with E-state index in [0.717, 1.165) is 21.8 Å². The number of ketones is 1. The third-order valence-electron chi connectivity index (χ3n) is 4.78. The Morgan fingerprint density at radius 2 is 1.69 bits per heavy atom. The molecule has 0 aliphatic rings. The third kappa shape index (κ3) is 4.74. The topological polar surface area (TPSA) is 52.6 Å². The molecule has 0 unspecified atom stereocenters. The zero-order chi connectivity index (χ0) is 21.0. The van der Waals surface area contributed by atoms with E-state index in [9.17, 15) is 9.59 Å². The van der Waals surface area contributed by atoms with Crippen LogP contribution in [-0.2, 0) is 16.6 Å². The van der Waals surface area contributed by atoms with E-state index in [0.29, 0.717) is 17.8 Å². The van der Waals surface area contributed by atoms with Gasteiger partial charge >= 0.3 is 0 Å². The molecule has 1 aromatic heterocycles. The molecule has 150 valence electrons. The quantitative estimate of drug-likeness (QED) is 0.373. The van der Waals surface area contributed by atoms with Crippen molar-refractivity contribution in [2.24, 2.45) is 0 Å². The van der Waals surface area contributed by atoms with E-state index in [2.05, 4.69) is 20.8 Å². The highest BCUT2D eigenvalue weighted by atomic mass is 32.1. The summed E-state index contributed by atoms with van der Waals surface area (Å²) in [4.78, 5) is 24.6. The molecule has 0 aliphatic heterocycles. The van der Waals surface area contributed by atoms with E-state index < -0.39 is 0 Å². The second kappa shape index (κ2) is 8.62. The number of hydrogen-bond donors (Lipinski definition) is 0. The minimum atomic E-state index is -0.00987. The molecule has 29 heavy (non-hydrogen) atoms. The van der Waals surface area contributed by atoms with Crippen LogP contribution in [0, 0.1) is 0 Å². The lowest BCUT2D eigenvalue weighted by Crippen LogP contribution is -2.11. The van der Waals surface area contributed by atoms with Gasteiger partial charge in [-0.15, -0.1) is 11.3 Å². The highest BCUT2D eigenvalue weighted by Gasteiger charge is 2.19. The molecule has 0 saturated heterocycles. The number of rotatable bonds is 7. The van der Waals surface area contributed by atoms with Gasteiger partial charge in [0.05, 0.1) is 12.0 Å². The second-order valence-electron chi connectivity index (χ2n) is 7.77. The highest BCUT2D eigenvalue weighted by molar-refractivity contribution is 7.11. The van der Waals surface area contributed by atoms with Gasteiger partial charge in [-0.25, -0.2) is 0 Å². The van der Waals surface area contributed by atoms with E-state index in [-0.39, 0.29) is 17.6 Å². The predicted molar refractivity (Wildman–Crippen MR) is 116 cm³/mol. The number of methoxy groups -OCH3 is 1. The van der Waals surface area contributed by atoms with E-state index in [1.807, 2.05) is 53.9 Å². The largest absolute Gasteiger partial charge is 0.497 e. The molecule has 0 amide bonds. The Kier molecular flexibility index (Phi) is 6.18. The molecular weight excluding hydrogens is 384 g/mol. The molecule has 0 N–H and O–H groups in total. The molecule has 0 aliphatic carbocycles. The summed E-state index contributed by atoms with van der Waals surface area (Å²) < 4.78 is 10.5. The lowest BCUT2D eigenvalue weighted by molar-refractivity contribution is -0.120. The number of carbonyl (C=O) groups excluding carboxylic acids is 2. The van der Waals surface area contributed by atoms with Crippen molar-refractivity contribution in [2.75, 3.05) is 7.11 Å². The van der Waals surface area contributed by atoms with Crippen molar-refractivity contribution >= 4 is 23.6 Å². The molecule has 2 aromatic carbocycles. The monoisotopic (exact) mass is 408 g/mol. The Morgan fingerprint density at radius 3 is 2.24 bits per heavy atom. The lowest BCUT2D eigenvalue weighted by atomic mass is 9.86. The average molecular weight is 409 g/mol. The first-order valence-electron chi connectivity index (χ1n) is 9.32. The Balaban J connectivity index is 1.85. The lowest BCUT2D eigenvalue weighted by Gasteiger charge is -2.19. The first-order valence-corrected chi connectivity index (χ1v) is 10.2. The Morgan fingerprint density at radius 1 is 1.03 bits per heavy atom. The van der Waals surface area contributed by atoms with Gasteiger partial charge in [0.25, 0.3) is 6.47 Å². The average Bonchev–Trinajstić information content (AvgIpc) is 3.10. The molecule has 5 heteroatoms. The molecular formula is C24H24O4S. The van der Waals surface area contributed by atoms with Gasteiger partial charge in [-0.2, -0.15) is 0 Å². The van der Waals surface area contributed by atoms with Crippen molar-refractivity contribution < 1.29 is 19.1 Å². The zero-order valence-electron chi connectivity index (χ0n) is 17.0. The summed E-state index contributed by atoms with van der Waals surface area (Å²) in [7, 11) is 1.61. The Labute approximate surface area is 175 Å². The summed E-state index contributed by atoms with van der Waals surface area (Å²) in [5.74, 6) is 1.18. The fourth-order valence-corrected chi connectivity index (χ4v) is 4.04. The van der Waals surface area contributed by atoms with Crippen molar-refractivity contribution in [3.63, 3.8) is 0 Å². The van der Waals surface area contributed by atoms with Gasteiger partial charge in [0, 0.05) is 22.9 Å². The summed E-state index contributed by atoms with van der Waals surface area (Å²) in [6.45, 7) is 6.82. The van der Waals surface area contributed by atoms with Crippen molar-refractivity contribution in [3.8, 4) is 22.6 Å². The molecule has 1 heterocycles. The van der Waals surface area contributed by atoms with E-state index in [4.69, 9.17) is 9.47 Å². The molecule has 4 nitrogen and oxygen atoms in total. The van der Waals surface area contributed by atoms with Gasteiger partial charge in [0.2, 0.25) is 0 Å². The third-order valence-corrected chi connectivity index (χ3v) is 5.75. The maximum atomic E-state index is 12.8. The molecule has 0 atom stereocenters. The van der Waals surface area contributed by atoms with Gasteiger partial charge in [0.1, 0.15) is 5.75 Å². The second-order valence-corrected chi connectivity index (χ2v) is 8.74. The zero-order valence-corrected chi connectivity index (χ0v) is 17.8. The molecule has 0 spiro atoms. The number of hydrogen-bond acceptors (Lipinski definition) is 5. The Hall–Kier alpha value is -2.92. The minimum Gasteiger partial charge on any atom is -0.497 e. The van der Waals surface area contributed by atoms with Crippen molar-refractivity contribution in [1.82, 2.24) is 0 Å². The van der Waals surface area contributed by atoms with Crippen molar-refractivity contribution in [1.29, 1.82) is 0 Å². The first-order chi connectivity index (χ1) is 13.8. The van der Waals surface area contributed by atoms with E-state index in [1.54, 1.807) is 7.11 Å². The smallest absolute Gasteiger partial charge is 0.298 e. The SMILES string of the molecule is COc1ccc(-c2csc(CC(=O)c3ccc(C(C)(C)C)cc3)c2OC=O)cc1. The van der Waals surface area contributed by atoms with Gasteiger partial charge in [-0.3, -0.25) is 9.59 Å². The maximum absolute atomic E-state index is 12.8. The molecule has 0 bridgehead atoms. The number of thiophene rings is 1. The highest BCUT2D eigenvalue weighted by Crippen LogP contribution is 2.39. The molecule has 0 radical (unpaired) electrons. The van der Waals surface area contributed by atoms with Crippen LogP contribution in [0.5, 0.6) is 11.5 Å². The fourth-order valence-electron chi connectivity index (χ4n) is 3.06. The number of benzene rings is 2.